The van der Waals surface area contributed by atoms with Crippen molar-refractivity contribution in [2.24, 2.45) is 5.92 Å². The van der Waals surface area contributed by atoms with Gasteiger partial charge in [-0.05, 0) is 12.3 Å². The molecule has 2 amide bonds. The molecule has 0 bridgehead atoms. The van der Waals surface area contributed by atoms with E-state index in [0.29, 0.717) is 0 Å². The van der Waals surface area contributed by atoms with Gasteiger partial charge in [-0.3, -0.25) is 0 Å². The van der Waals surface area contributed by atoms with Gasteiger partial charge in [-0.25, -0.2) is 4.79 Å². The fraction of sp³-hybridized carbons (Fsp3) is 0.900. The topological polar surface area (TPSA) is 32.3 Å². The van der Waals surface area contributed by atoms with Gasteiger partial charge in [0.2, 0.25) is 0 Å². The standard InChI is InChI=1S/C10H20N2O/c1-11-10(13)12(2)8-7-9-5-3-4-6-9/h9H,3-8H2,1-2H3,(H,11,13). The van der Waals surface area contributed by atoms with Crippen LogP contribution < -0.4 is 5.32 Å². The molecule has 0 spiro atoms. The van der Waals surface area contributed by atoms with Crippen molar-refractivity contribution in [3.63, 3.8) is 0 Å². The Bertz CT molecular complexity index is 164. The summed E-state index contributed by atoms with van der Waals surface area (Å²) < 4.78 is 0. The number of hydrogen-bond donors (Lipinski definition) is 1. The van der Waals surface area contributed by atoms with Gasteiger partial charge in [-0.15, -0.1) is 0 Å². The second-order valence-electron chi connectivity index (χ2n) is 3.92. The number of urea groups is 1. The van der Waals surface area contributed by atoms with Crippen molar-refractivity contribution in [2.75, 3.05) is 20.6 Å². The van der Waals surface area contributed by atoms with Crippen LogP contribution >= 0.6 is 0 Å². The van der Waals surface area contributed by atoms with E-state index < -0.39 is 0 Å². The summed E-state index contributed by atoms with van der Waals surface area (Å²) in [6.07, 6.45) is 6.66. The third-order valence-corrected chi connectivity index (χ3v) is 2.91. The van der Waals surface area contributed by atoms with Crippen LogP contribution in [0.5, 0.6) is 0 Å². The molecule has 0 aromatic carbocycles. The van der Waals surface area contributed by atoms with Crippen molar-refractivity contribution < 1.29 is 4.79 Å². The fourth-order valence-corrected chi connectivity index (χ4v) is 1.97. The summed E-state index contributed by atoms with van der Waals surface area (Å²) in [6.45, 7) is 0.893. The van der Waals surface area contributed by atoms with Crippen LogP contribution in [0.15, 0.2) is 0 Å². The maximum Gasteiger partial charge on any atom is 0.316 e. The average Bonchev–Trinajstić information content (AvgIpc) is 2.65. The van der Waals surface area contributed by atoms with Crippen LogP contribution in [-0.4, -0.2) is 31.6 Å². The van der Waals surface area contributed by atoms with Gasteiger partial charge in [0.05, 0.1) is 0 Å². The van der Waals surface area contributed by atoms with Crippen LogP contribution in [-0.2, 0) is 0 Å². The Balaban J connectivity index is 2.13. The van der Waals surface area contributed by atoms with Gasteiger partial charge in [0, 0.05) is 20.6 Å². The molecule has 1 rings (SSSR count). The van der Waals surface area contributed by atoms with Gasteiger partial charge in [0.15, 0.2) is 0 Å². The second-order valence-corrected chi connectivity index (χ2v) is 3.92. The number of carbonyl (C=O) groups excluding carboxylic acids is 1. The first-order chi connectivity index (χ1) is 6.24. The van der Waals surface area contributed by atoms with Crippen LogP contribution in [0.2, 0.25) is 0 Å². The molecule has 3 heteroatoms. The average molecular weight is 184 g/mol. The molecule has 0 aliphatic heterocycles. The molecule has 1 N–H and O–H groups in total. The number of carbonyl (C=O) groups is 1. The van der Waals surface area contributed by atoms with E-state index in [0.717, 1.165) is 12.5 Å². The highest BCUT2D eigenvalue weighted by Crippen LogP contribution is 2.27. The van der Waals surface area contributed by atoms with Crippen LogP contribution in [0.1, 0.15) is 32.1 Å². The molecular weight excluding hydrogens is 164 g/mol. The number of nitrogens with zero attached hydrogens (tertiary/aromatic N) is 1. The zero-order valence-corrected chi connectivity index (χ0v) is 8.68. The lowest BCUT2D eigenvalue weighted by Gasteiger charge is -2.18. The quantitative estimate of drug-likeness (QED) is 0.713. The van der Waals surface area contributed by atoms with E-state index in [4.69, 9.17) is 0 Å². The fourth-order valence-electron chi connectivity index (χ4n) is 1.97. The van der Waals surface area contributed by atoms with Crippen LogP contribution in [0, 0.1) is 5.92 Å². The zero-order chi connectivity index (χ0) is 9.68. The minimum atomic E-state index is 0.0259. The Hall–Kier alpha value is -0.730. The molecule has 3 nitrogen and oxygen atoms in total. The Kier molecular flexibility index (Phi) is 4.06. The van der Waals surface area contributed by atoms with Crippen molar-refractivity contribution in [1.29, 1.82) is 0 Å². The first kappa shape index (κ1) is 10.4. The summed E-state index contributed by atoms with van der Waals surface area (Å²) in [6, 6.07) is 0.0259. The lowest BCUT2D eigenvalue weighted by atomic mass is 10.0. The second kappa shape index (κ2) is 5.10. The van der Waals surface area contributed by atoms with Gasteiger partial charge in [0.1, 0.15) is 0 Å². The monoisotopic (exact) mass is 184 g/mol. The van der Waals surface area contributed by atoms with E-state index in [-0.39, 0.29) is 6.03 Å². The Labute approximate surface area is 80.5 Å². The molecule has 1 aliphatic rings. The maximum atomic E-state index is 11.1. The van der Waals surface area contributed by atoms with Gasteiger partial charge in [-0.1, -0.05) is 25.7 Å². The maximum absolute atomic E-state index is 11.1. The SMILES string of the molecule is CNC(=O)N(C)CCC1CCCC1. The Morgan fingerprint density at radius 1 is 1.46 bits per heavy atom. The summed E-state index contributed by atoms with van der Waals surface area (Å²) in [5, 5.41) is 2.63. The van der Waals surface area contributed by atoms with E-state index in [1.54, 1.807) is 11.9 Å². The highest BCUT2D eigenvalue weighted by molar-refractivity contribution is 5.73. The molecule has 0 unspecified atom stereocenters. The molecule has 76 valence electrons. The van der Waals surface area contributed by atoms with Gasteiger partial charge in [-0.2, -0.15) is 0 Å². The first-order valence-electron chi connectivity index (χ1n) is 5.17. The van der Waals surface area contributed by atoms with E-state index >= 15 is 0 Å². The molecule has 0 atom stereocenters. The van der Waals surface area contributed by atoms with Crippen LogP contribution in [0.25, 0.3) is 0 Å². The number of nitrogens with one attached hydrogen (secondary N) is 1. The molecule has 0 aromatic heterocycles. The minimum absolute atomic E-state index is 0.0259. The van der Waals surface area contributed by atoms with E-state index in [1.165, 1.54) is 32.1 Å². The van der Waals surface area contributed by atoms with E-state index in [1.807, 2.05) is 7.05 Å². The third kappa shape index (κ3) is 3.25. The molecular formula is C10H20N2O. The van der Waals surface area contributed by atoms with Crippen molar-refractivity contribution in [1.82, 2.24) is 10.2 Å². The van der Waals surface area contributed by atoms with Crippen molar-refractivity contribution in [2.45, 2.75) is 32.1 Å². The third-order valence-electron chi connectivity index (χ3n) is 2.91. The molecule has 0 radical (unpaired) electrons. The zero-order valence-electron chi connectivity index (χ0n) is 8.68. The molecule has 0 aromatic rings. The molecule has 1 saturated carbocycles. The predicted octanol–water partition coefficient (Wildman–Crippen LogP) is 1.84. The largest absolute Gasteiger partial charge is 0.341 e. The molecule has 0 heterocycles. The number of hydrogen-bond acceptors (Lipinski definition) is 1. The number of rotatable bonds is 3. The van der Waals surface area contributed by atoms with Gasteiger partial charge >= 0.3 is 6.03 Å². The highest BCUT2D eigenvalue weighted by Gasteiger charge is 2.16. The van der Waals surface area contributed by atoms with Crippen molar-refractivity contribution in [3.8, 4) is 0 Å². The van der Waals surface area contributed by atoms with Crippen LogP contribution in [0.4, 0.5) is 4.79 Å². The van der Waals surface area contributed by atoms with Gasteiger partial charge in [0.25, 0.3) is 0 Å². The molecule has 0 saturated heterocycles. The summed E-state index contributed by atoms with van der Waals surface area (Å²) in [5.74, 6) is 0.868. The Morgan fingerprint density at radius 2 is 2.08 bits per heavy atom. The molecule has 1 fully saturated rings. The summed E-state index contributed by atoms with van der Waals surface area (Å²) in [4.78, 5) is 12.9. The highest BCUT2D eigenvalue weighted by atomic mass is 16.2. The minimum Gasteiger partial charge on any atom is -0.341 e. The van der Waals surface area contributed by atoms with Crippen LogP contribution in [0.3, 0.4) is 0 Å². The first-order valence-corrected chi connectivity index (χ1v) is 5.17. The smallest absolute Gasteiger partial charge is 0.316 e. The summed E-state index contributed by atoms with van der Waals surface area (Å²) in [5.41, 5.74) is 0. The summed E-state index contributed by atoms with van der Waals surface area (Å²) >= 11 is 0. The lowest BCUT2D eigenvalue weighted by Crippen LogP contribution is -2.35. The van der Waals surface area contributed by atoms with E-state index in [9.17, 15) is 4.79 Å². The molecule has 13 heavy (non-hydrogen) atoms. The number of amides is 2. The van der Waals surface area contributed by atoms with Gasteiger partial charge < -0.3 is 10.2 Å². The Morgan fingerprint density at radius 3 is 2.62 bits per heavy atom. The van der Waals surface area contributed by atoms with E-state index in [2.05, 4.69) is 5.32 Å². The lowest BCUT2D eigenvalue weighted by molar-refractivity contribution is 0.207. The molecule has 1 aliphatic carbocycles. The van der Waals surface area contributed by atoms with Crippen molar-refractivity contribution >= 4 is 6.03 Å². The summed E-state index contributed by atoms with van der Waals surface area (Å²) in [7, 11) is 3.53. The predicted molar refractivity (Wildman–Crippen MR) is 53.7 cm³/mol. The normalized spacial score (nSPS) is 17.4. The van der Waals surface area contributed by atoms with Crippen molar-refractivity contribution in [3.05, 3.63) is 0 Å².